The van der Waals surface area contributed by atoms with Crippen LogP contribution >= 0.6 is 12.6 Å². The average molecular weight is 166 g/mol. The zero-order valence-corrected chi connectivity index (χ0v) is 7.94. The predicted octanol–water partition coefficient (Wildman–Crippen LogP) is 2.86. The molecule has 0 nitrogen and oxygen atoms in total. The van der Waals surface area contributed by atoms with Crippen LogP contribution < -0.4 is 0 Å². The van der Waals surface area contributed by atoms with Crippen molar-refractivity contribution in [2.45, 2.75) is 25.5 Å². The normalized spacial score (nSPS) is 13.0. The van der Waals surface area contributed by atoms with Gasteiger partial charge in [0.15, 0.2) is 0 Å². The fourth-order valence-corrected chi connectivity index (χ4v) is 1.28. The van der Waals surface area contributed by atoms with E-state index in [1.54, 1.807) is 0 Å². The molecule has 0 N–H and O–H groups in total. The number of thiol groups is 1. The van der Waals surface area contributed by atoms with E-state index in [0.717, 1.165) is 6.42 Å². The second-order valence-corrected chi connectivity index (χ2v) is 3.92. The first-order chi connectivity index (χ1) is 5.18. The lowest BCUT2D eigenvalue weighted by atomic mass is 10.1. The van der Waals surface area contributed by atoms with E-state index in [4.69, 9.17) is 0 Å². The van der Waals surface area contributed by atoms with Gasteiger partial charge in [-0.1, -0.05) is 36.8 Å². The zero-order valence-electron chi connectivity index (χ0n) is 7.04. The Bertz CT molecular complexity index is 211. The highest BCUT2D eigenvalue weighted by molar-refractivity contribution is 7.80. The van der Waals surface area contributed by atoms with Gasteiger partial charge in [0.05, 0.1) is 0 Å². The molecule has 0 bridgehead atoms. The third-order valence-electron chi connectivity index (χ3n) is 1.65. The summed E-state index contributed by atoms with van der Waals surface area (Å²) in [6.45, 7) is 4.22. The van der Waals surface area contributed by atoms with Crippen LogP contribution in [0.1, 0.15) is 18.1 Å². The van der Waals surface area contributed by atoms with Gasteiger partial charge >= 0.3 is 0 Å². The van der Waals surface area contributed by atoms with E-state index in [2.05, 4.69) is 50.7 Å². The molecule has 0 aliphatic rings. The molecule has 1 aromatic carbocycles. The van der Waals surface area contributed by atoms with Gasteiger partial charge in [0.2, 0.25) is 0 Å². The molecule has 1 aromatic rings. The van der Waals surface area contributed by atoms with E-state index in [0.29, 0.717) is 5.25 Å². The van der Waals surface area contributed by atoms with Crippen molar-refractivity contribution in [1.82, 2.24) is 0 Å². The molecule has 1 rings (SSSR count). The van der Waals surface area contributed by atoms with Crippen LogP contribution in [0.4, 0.5) is 0 Å². The summed E-state index contributed by atoms with van der Waals surface area (Å²) in [5.41, 5.74) is 2.69. The lowest BCUT2D eigenvalue weighted by Gasteiger charge is -2.03. The third kappa shape index (κ3) is 2.98. The third-order valence-corrected chi connectivity index (χ3v) is 1.83. The van der Waals surface area contributed by atoms with E-state index in [-0.39, 0.29) is 0 Å². The van der Waals surface area contributed by atoms with Crippen molar-refractivity contribution in [3.8, 4) is 0 Å². The number of benzene rings is 1. The average Bonchev–Trinajstić information content (AvgIpc) is 1.93. The lowest BCUT2D eigenvalue weighted by molar-refractivity contribution is 0.950. The Balaban J connectivity index is 2.66. The second-order valence-electron chi connectivity index (χ2n) is 3.04. The number of aryl methyl sites for hydroxylation is 1. The van der Waals surface area contributed by atoms with Crippen LogP contribution in [0, 0.1) is 6.92 Å². The molecule has 1 unspecified atom stereocenters. The minimum atomic E-state index is 0.456. The van der Waals surface area contributed by atoms with Crippen molar-refractivity contribution < 1.29 is 0 Å². The predicted molar refractivity (Wildman–Crippen MR) is 53.3 cm³/mol. The Hall–Kier alpha value is -0.430. The summed E-state index contributed by atoms with van der Waals surface area (Å²) in [7, 11) is 0. The quantitative estimate of drug-likeness (QED) is 0.642. The van der Waals surface area contributed by atoms with Crippen LogP contribution in [0.15, 0.2) is 24.3 Å². The molecule has 0 fully saturated rings. The Morgan fingerprint density at radius 3 is 2.27 bits per heavy atom. The Labute approximate surface area is 74.0 Å². The van der Waals surface area contributed by atoms with Gasteiger partial charge in [-0.3, -0.25) is 0 Å². The molecular formula is C10H14S. The van der Waals surface area contributed by atoms with Crippen LogP contribution in [0.3, 0.4) is 0 Å². The van der Waals surface area contributed by atoms with Gasteiger partial charge in [0.1, 0.15) is 0 Å². The zero-order chi connectivity index (χ0) is 8.27. The minimum absolute atomic E-state index is 0.456. The largest absolute Gasteiger partial charge is 0.176 e. The topological polar surface area (TPSA) is 0 Å². The summed E-state index contributed by atoms with van der Waals surface area (Å²) < 4.78 is 0. The lowest BCUT2D eigenvalue weighted by Crippen LogP contribution is -1.96. The molecule has 0 saturated heterocycles. The first-order valence-electron chi connectivity index (χ1n) is 3.92. The maximum atomic E-state index is 4.34. The highest BCUT2D eigenvalue weighted by atomic mass is 32.1. The molecule has 0 aliphatic carbocycles. The molecule has 0 amide bonds. The minimum Gasteiger partial charge on any atom is -0.176 e. The van der Waals surface area contributed by atoms with E-state index in [9.17, 15) is 0 Å². The Kier molecular flexibility index (Phi) is 3.01. The van der Waals surface area contributed by atoms with E-state index >= 15 is 0 Å². The molecule has 0 radical (unpaired) electrons. The molecular weight excluding hydrogens is 152 g/mol. The summed E-state index contributed by atoms with van der Waals surface area (Å²) >= 11 is 4.34. The van der Waals surface area contributed by atoms with Gasteiger partial charge in [-0.25, -0.2) is 0 Å². The number of hydrogen-bond donors (Lipinski definition) is 1. The van der Waals surface area contributed by atoms with Crippen molar-refractivity contribution in [3.05, 3.63) is 35.4 Å². The molecule has 0 spiro atoms. The van der Waals surface area contributed by atoms with E-state index in [1.807, 2.05) is 0 Å². The summed E-state index contributed by atoms with van der Waals surface area (Å²) in [4.78, 5) is 0. The van der Waals surface area contributed by atoms with Crippen molar-refractivity contribution >= 4 is 12.6 Å². The van der Waals surface area contributed by atoms with Crippen molar-refractivity contribution in [2.75, 3.05) is 0 Å². The standard InChI is InChI=1S/C10H14S/c1-8-3-5-10(6-4-8)7-9(2)11/h3-6,9,11H,7H2,1-2H3. The highest BCUT2D eigenvalue weighted by Crippen LogP contribution is 2.08. The van der Waals surface area contributed by atoms with Gasteiger partial charge in [0, 0.05) is 5.25 Å². The first-order valence-corrected chi connectivity index (χ1v) is 4.44. The highest BCUT2D eigenvalue weighted by Gasteiger charge is 1.96. The summed E-state index contributed by atoms with van der Waals surface area (Å²) in [5.74, 6) is 0. The summed E-state index contributed by atoms with van der Waals surface area (Å²) in [5, 5.41) is 0.456. The molecule has 1 heteroatoms. The van der Waals surface area contributed by atoms with Gasteiger partial charge in [-0.2, -0.15) is 12.6 Å². The summed E-state index contributed by atoms with van der Waals surface area (Å²) in [6.07, 6.45) is 1.06. The Morgan fingerprint density at radius 2 is 1.82 bits per heavy atom. The molecule has 1 atom stereocenters. The first kappa shape index (κ1) is 8.66. The van der Waals surface area contributed by atoms with E-state index in [1.165, 1.54) is 11.1 Å². The second kappa shape index (κ2) is 3.82. The van der Waals surface area contributed by atoms with E-state index < -0.39 is 0 Å². The van der Waals surface area contributed by atoms with Gasteiger partial charge in [0.25, 0.3) is 0 Å². The maximum Gasteiger partial charge on any atom is 0.00288 e. The smallest absolute Gasteiger partial charge is 0.00288 e. The van der Waals surface area contributed by atoms with Crippen LogP contribution in [0.25, 0.3) is 0 Å². The van der Waals surface area contributed by atoms with Crippen LogP contribution in [0.5, 0.6) is 0 Å². The van der Waals surface area contributed by atoms with Crippen LogP contribution in [-0.2, 0) is 6.42 Å². The van der Waals surface area contributed by atoms with Crippen molar-refractivity contribution in [1.29, 1.82) is 0 Å². The molecule has 0 heterocycles. The molecule has 11 heavy (non-hydrogen) atoms. The SMILES string of the molecule is Cc1ccc(CC(C)S)cc1. The monoisotopic (exact) mass is 166 g/mol. The fraction of sp³-hybridized carbons (Fsp3) is 0.400. The maximum absolute atomic E-state index is 4.34. The van der Waals surface area contributed by atoms with Crippen molar-refractivity contribution in [3.63, 3.8) is 0 Å². The fourth-order valence-electron chi connectivity index (χ4n) is 1.07. The molecule has 0 aliphatic heterocycles. The molecule has 0 aromatic heterocycles. The van der Waals surface area contributed by atoms with Gasteiger partial charge in [-0.15, -0.1) is 0 Å². The van der Waals surface area contributed by atoms with Crippen molar-refractivity contribution in [2.24, 2.45) is 0 Å². The number of hydrogen-bond acceptors (Lipinski definition) is 1. The summed E-state index contributed by atoms with van der Waals surface area (Å²) in [6, 6.07) is 8.63. The molecule has 0 saturated carbocycles. The van der Waals surface area contributed by atoms with Gasteiger partial charge in [-0.05, 0) is 18.9 Å². The van der Waals surface area contributed by atoms with Crippen LogP contribution in [-0.4, -0.2) is 5.25 Å². The molecule has 60 valence electrons. The Morgan fingerprint density at radius 1 is 1.27 bits per heavy atom. The number of rotatable bonds is 2. The van der Waals surface area contributed by atoms with Gasteiger partial charge < -0.3 is 0 Å². The van der Waals surface area contributed by atoms with Crippen LogP contribution in [0.2, 0.25) is 0 Å².